The SMILES string of the molecule is CC=CC=CNC=S. The molecule has 0 aromatic heterocycles. The third-order valence-electron chi connectivity index (χ3n) is 0.564. The van der Waals surface area contributed by atoms with Gasteiger partial charge in [-0.15, -0.1) is 0 Å². The molecule has 0 aromatic carbocycles. The highest BCUT2D eigenvalue weighted by molar-refractivity contribution is 7.78. The first-order chi connectivity index (χ1) is 3.91. The topological polar surface area (TPSA) is 12.0 Å². The lowest BCUT2D eigenvalue weighted by Crippen LogP contribution is -1.95. The van der Waals surface area contributed by atoms with Crippen LogP contribution >= 0.6 is 12.2 Å². The third-order valence-corrected chi connectivity index (χ3v) is 0.700. The van der Waals surface area contributed by atoms with Gasteiger partial charge in [-0.2, -0.15) is 0 Å². The largest absolute Gasteiger partial charge is 0.359 e. The molecule has 0 aromatic rings. The maximum absolute atomic E-state index is 4.49. The second kappa shape index (κ2) is 6.37. The number of hydrogen-bond donors (Lipinski definition) is 1. The van der Waals surface area contributed by atoms with E-state index in [4.69, 9.17) is 0 Å². The Bertz CT molecular complexity index is 105. The predicted molar refractivity (Wildman–Crippen MR) is 40.7 cm³/mol. The van der Waals surface area contributed by atoms with Crippen molar-refractivity contribution in [3.63, 3.8) is 0 Å². The molecule has 0 aliphatic carbocycles. The minimum atomic E-state index is 1.46. The first kappa shape index (κ1) is 7.37. The molecule has 1 nitrogen and oxygen atoms in total. The minimum Gasteiger partial charge on any atom is -0.359 e. The lowest BCUT2D eigenvalue weighted by molar-refractivity contribution is 1.35. The molecule has 0 amide bonds. The van der Waals surface area contributed by atoms with E-state index < -0.39 is 0 Å². The summed E-state index contributed by atoms with van der Waals surface area (Å²) in [6, 6.07) is 0. The van der Waals surface area contributed by atoms with E-state index >= 15 is 0 Å². The third kappa shape index (κ3) is 5.37. The van der Waals surface area contributed by atoms with Gasteiger partial charge >= 0.3 is 0 Å². The Morgan fingerprint density at radius 1 is 1.38 bits per heavy atom. The highest BCUT2D eigenvalue weighted by Gasteiger charge is 1.58. The Labute approximate surface area is 55.1 Å². The number of allylic oxidation sites excluding steroid dienone is 3. The van der Waals surface area contributed by atoms with E-state index in [2.05, 4.69) is 17.5 Å². The smallest absolute Gasteiger partial charge is 0.0654 e. The van der Waals surface area contributed by atoms with Crippen molar-refractivity contribution in [2.45, 2.75) is 6.92 Å². The van der Waals surface area contributed by atoms with Crippen LogP contribution in [-0.2, 0) is 0 Å². The van der Waals surface area contributed by atoms with Gasteiger partial charge < -0.3 is 5.32 Å². The Morgan fingerprint density at radius 3 is 2.62 bits per heavy atom. The van der Waals surface area contributed by atoms with E-state index in [9.17, 15) is 0 Å². The van der Waals surface area contributed by atoms with E-state index in [0.29, 0.717) is 0 Å². The molecule has 0 aliphatic rings. The molecule has 0 aliphatic heterocycles. The quantitative estimate of drug-likeness (QED) is 0.456. The van der Waals surface area contributed by atoms with Crippen molar-refractivity contribution in [3.05, 3.63) is 24.4 Å². The first-order valence-electron chi connectivity index (χ1n) is 2.39. The van der Waals surface area contributed by atoms with Gasteiger partial charge in [-0.1, -0.05) is 24.4 Å². The standard InChI is InChI=1S/C6H9NS/c1-2-3-4-5-7-6-8/h2-6H,1H3,(H,7,8). The van der Waals surface area contributed by atoms with E-state index in [1.54, 1.807) is 6.20 Å². The van der Waals surface area contributed by atoms with Crippen molar-refractivity contribution in [1.29, 1.82) is 0 Å². The molecule has 0 bridgehead atoms. The fourth-order valence-electron chi connectivity index (χ4n) is 0.262. The van der Waals surface area contributed by atoms with Crippen molar-refractivity contribution in [1.82, 2.24) is 5.32 Å². The van der Waals surface area contributed by atoms with Crippen LogP contribution in [0.25, 0.3) is 0 Å². The lowest BCUT2D eigenvalue weighted by atomic mass is 10.5. The molecule has 0 atom stereocenters. The Morgan fingerprint density at radius 2 is 2.12 bits per heavy atom. The molecular weight excluding hydrogens is 118 g/mol. The highest BCUT2D eigenvalue weighted by Crippen LogP contribution is 1.70. The zero-order valence-corrected chi connectivity index (χ0v) is 5.61. The molecule has 0 spiro atoms. The molecule has 0 radical (unpaired) electrons. The van der Waals surface area contributed by atoms with Crippen LogP contribution in [0, 0.1) is 0 Å². The molecule has 0 unspecified atom stereocenters. The van der Waals surface area contributed by atoms with E-state index in [0.717, 1.165) is 0 Å². The maximum Gasteiger partial charge on any atom is 0.0654 e. The molecule has 0 rings (SSSR count). The van der Waals surface area contributed by atoms with Gasteiger partial charge in [-0.05, 0) is 13.0 Å². The summed E-state index contributed by atoms with van der Waals surface area (Å²) < 4.78 is 0. The number of thiocarbonyl (C=S) groups is 1. The molecule has 44 valence electrons. The number of hydrogen-bond acceptors (Lipinski definition) is 1. The fourth-order valence-corrected chi connectivity index (χ4v) is 0.340. The van der Waals surface area contributed by atoms with Crippen molar-refractivity contribution < 1.29 is 0 Å². The average molecular weight is 127 g/mol. The average Bonchev–Trinajstić information content (AvgIpc) is 1.81. The lowest BCUT2D eigenvalue weighted by Gasteiger charge is -1.79. The van der Waals surface area contributed by atoms with Crippen LogP contribution in [-0.4, -0.2) is 5.49 Å². The van der Waals surface area contributed by atoms with Crippen molar-refractivity contribution in [2.24, 2.45) is 0 Å². The summed E-state index contributed by atoms with van der Waals surface area (Å²) >= 11 is 4.49. The van der Waals surface area contributed by atoms with Crippen molar-refractivity contribution in [2.75, 3.05) is 0 Å². The van der Waals surface area contributed by atoms with Crippen molar-refractivity contribution in [3.8, 4) is 0 Å². The van der Waals surface area contributed by atoms with Crippen LogP contribution in [0.1, 0.15) is 6.92 Å². The summed E-state index contributed by atoms with van der Waals surface area (Å²) in [5, 5.41) is 2.74. The van der Waals surface area contributed by atoms with Crippen LogP contribution < -0.4 is 5.32 Å². The minimum absolute atomic E-state index is 1.46. The fraction of sp³-hybridized carbons (Fsp3) is 0.167. The summed E-state index contributed by atoms with van der Waals surface area (Å²) in [7, 11) is 0. The van der Waals surface area contributed by atoms with Gasteiger partial charge in [0.1, 0.15) is 0 Å². The molecule has 1 N–H and O–H groups in total. The van der Waals surface area contributed by atoms with Gasteiger partial charge in [0.25, 0.3) is 0 Å². The Hall–Kier alpha value is -0.630. The summed E-state index contributed by atoms with van der Waals surface area (Å²) in [6.45, 7) is 1.96. The molecule has 2 heteroatoms. The van der Waals surface area contributed by atoms with E-state index in [1.165, 1.54) is 5.49 Å². The van der Waals surface area contributed by atoms with Crippen LogP contribution in [0.2, 0.25) is 0 Å². The van der Waals surface area contributed by atoms with Gasteiger partial charge in [0.2, 0.25) is 0 Å². The van der Waals surface area contributed by atoms with Gasteiger partial charge in [0.15, 0.2) is 0 Å². The van der Waals surface area contributed by atoms with Gasteiger partial charge in [-0.25, -0.2) is 0 Å². The monoisotopic (exact) mass is 127 g/mol. The summed E-state index contributed by atoms with van der Waals surface area (Å²) in [4.78, 5) is 0. The van der Waals surface area contributed by atoms with Crippen LogP contribution in [0.5, 0.6) is 0 Å². The molecule has 0 saturated heterocycles. The van der Waals surface area contributed by atoms with Crippen molar-refractivity contribution >= 4 is 17.7 Å². The summed E-state index contributed by atoms with van der Waals surface area (Å²) in [5.41, 5.74) is 1.46. The highest BCUT2D eigenvalue weighted by atomic mass is 32.1. The summed E-state index contributed by atoms with van der Waals surface area (Å²) in [5.74, 6) is 0. The molecule has 0 fully saturated rings. The van der Waals surface area contributed by atoms with Crippen LogP contribution in [0.15, 0.2) is 24.4 Å². The second-order valence-corrected chi connectivity index (χ2v) is 1.41. The number of rotatable bonds is 3. The number of nitrogens with one attached hydrogen (secondary N) is 1. The van der Waals surface area contributed by atoms with Gasteiger partial charge in [-0.3, -0.25) is 0 Å². The summed E-state index contributed by atoms with van der Waals surface area (Å²) in [6.07, 6.45) is 7.52. The zero-order valence-electron chi connectivity index (χ0n) is 4.79. The van der Waals surface area contributed by atoms with Gasteiger partial charge in [0, 0.05) is 6.20 Å². The zero-order chi connectivity index (χ0) is 6.24. The molecule has 0 saturated carbocycles. The van der Waals surface area contributed by atoms with Crippen LogP contribution in [0.4, 0.5) is 0 Å². The Balaban J connectivity index is 3.19. The second-order valence-electron chi connectivity index (χ2n) is 1.17. The first-order valence-corrected chi connectivity index (χ1v) is 2.86. The van der Waals surface area contributed by atoms with E-state index in [-0.39, 0.29) is 0 Å². The molecule has 8 heavy (non-hydrogen) atoms. The maximum atomic E-state index is 4.49. The Kier molecular flexibility index (Phi) is 5.87. The normalized spacial score (nSPS) is 10.6. The van der Waals surface area contributed by atoms with Gasteiger partial charge in [0.05, 0.1) is 5.49 Å². The predicted octanol–water partition coefficient (Wildman–Crippen LogP) is 1.62. The van der Waals surface area contributed by atoms with E-state index in [1.807, 2.05) is 25.2 Å². The molecule has 0 heterocycles. The van der Waals surface area contributed by atoms with Crippen LogP contribution in [0.3, 0.4) is 0 Å². The molecular formula is C6H9NS.